The summed E-state index contributed by atoms with van der Waals surface area (Å²) < 4.78 is 13.0. The van der Waals surface area contributed by atoms with Crippen molar-refractivity contribution in [3.05, 3.63) is 41.3 Å². The molecule has 0 saturated carbocycles. The fourth-order valence-corrected chi connectivity index (χ4v) is 3.10. The van der Waals surface area contributed by atoms with E-state index in [2.05, 4.69) is 16.9 Å². The molecule has 1 N–H and O–H groups in total. The van der Waals surface area contributed by atoms with Gasteiger partial charge in [-0.25, -0.2) is 19.2 Å². The molecule has 0 radical (unpaired) electrons. The molecule has 0 aliphatic rings. The number of aromatic nitrogens is 2. The first-order valence-electron chi connectivity index (χ1n) is 7.03. The third-order valence-corrected chi connectivity index (χ3v) is 4.17. The van der Waals surface area contributed by atoms with Crippen LogP contribution >= 0.6 is 11.8 Å². The van der Waals surface area contributed by atoms with E-state index in [1.165, 1.54) is 23.9 Å². The number of aromatic carboxylic acids is 1. The van der Waals surface area contributed by atoms with E-state index >= 15 is 0 Å². The van der Waals surface area contributed by atoms with Crippen molar-refractivity contribution in [1.82, 2.24) is 9.97 Å². The van der Waals surface area contributed by atoms with Crippen molar-refractivity contribution in [2.45, 2.75) is 31.7 Å². The van der Waals surface area contributed by atoms with Gasteiger partial charge in [-0.2, -0.15) is 0 Å². The Labute approximate surface area is 132 Å². The molecule has 0 spiro atoms. The molecule has 0 saturated heterocycles. The Morgan fingerprint density at radius 1 is 1.27 bits per heavy atom. The normalized spacial score (nSPS) is 10.7. The Balaban J connectivity index is 2.44. The molecule has 0 amide bonds. The SMILES string of the molecule is CCCCSc1nc(-c2ccc(F)cc2)nc(C)c1C(=O)O. The molecule has 0 aliphatic carbocycles. The van der Waals surface area contributed by atoms with Gasteiger partial charge in [0.05, 0.1) is 5.69 Å². The van der Waals surface area contributed by atoms with Crippen LogP contribution in [0.5, 0.6) is 0 Å². The minimum atomic E-state index is -1.03. The number of nitrogens with zero attached hydrogens (tertiary/aromatic N) is 2. The lowest BCUT2D eigenvalue weighted by Crippen LogP contribution is -2.08. The molecule has 1 aromatic heterocycles. The quantitative estimate of drug-likeness (QED) is 0.491. The Bertz CT molecular complexity index is 675. The summed E-state index contributed by atoms with van der Waals surface area (Å²) in [5.74, 6) is -0.139. The number of rotatable bonds is 6. The summed E-state index contributed by atoms with van der Waals surface area (Å²) in [5, 5.41) is 9.82. The molecular formula is C16H17FN2O2S. The highest BCUT2D eigenvalue weighted by molar-refractivity contribution is 7.99. The first kappa shape index (κ1) is 16.4. The van der Waals surface area contributed by atoms with Crippen LogP contribution in [0.4, 0.5) is 4.39 Å². The predicted molar refractivity (Wildman–Crippen MR) is 84.8 cm³/mol. The highest BCUT2D eigenvalue weighted by atomic mass is 32.2. The molecule has 1 aromatic carbocycles. The van der Waals surface area contributed by atoms with E-state index < -0.39 is 5.97 Å². The summed E-state index contributed by atoms with van der Waals surface area (Å²) in [5.41, 5.74) is 1.23. The van der Waals surface area contributed by atoms with Gasteiger partial charge in [-0.05, 0) is 43.4 Å². The van der Waals surface area contributed by atoms with Crippen LogP contribution in [-0.2, 0) is 0 Å². The van der Waals surface area contributed by atoms with Crippen molar-refractivity contribution in [1.29, 1.82) is 0 Å². The molecule has 22 heavy (non-hydrogen) atoms. The number of carbonyl (C=O) groups is 1. The van der Waals surface area contributed by atoms with Gasteiger partial charge < -0.3 is 5.11 Å². The van der Waals surface area contributed by atoms with Crippen molar-refractivity contribution in [3.8, 4) is 11.4 Å². The highest BCUT2D eigenvalue weighted by Crippen LogP contribution is 2.27. The van der Waals surface area contributed by atoms with Crippen LogP contribution in [0.2, 0.25) is 0 Å². The summed E-state index contributed by atoms with van der Waals surface area (Å²) in [6.07, 6.45) is 2.02. The largest absolute Gasteiger partial charge is 0.478 e. The molecule has 0 atom stereocenters. The first-order chi connectivity index (χ1) is 10.5. The Kier molecular flexibility index (Phi) is 5.49. The minimum absolute atomic E-state index is 0.145. The third-order valence-electron chi connectivity index (χ3n) is 3.11. The van der Waals surface area contributed by atoms with Crippen LogP contribution < -0.4 is 0 Å². The van der Waals surface area contributed by atoms with Crippen molar-refractivity contribution >= 4 is 17.7 Å². The van der Waals surface area contributed by atoms with E-state index in [0.717, 1.165) is 18.6 Å². The van der Waals surface area contributed by atoms with E-state index in [1.54, 1.807) is 19.1 Å². The smallest absolute Gasteiger partial charge is 0.340 e. The Hall–Kier alpha value is -1.95. The summed E-state index contributed by atoms with van der Waals surface area (Å²) >= 11 is 1.42. The van der Waals surface area contributed by atoms with Gasteiger partial charge in [0.1, 0.15) is 16.4 Å². The number of aryl methyl sites for hydroxylation is 1. The van der Waals surface area contributed by atoms with E-state index in [-0.39, 0.29) is 11.4 Å². The molecule has 1 heterocycles. The Morgan fingerprint density at radius 3 is 2.55 bits per heavy atom. The van der Waals surface area contributed by atoms with Crippen LogP contribution in [0.15, 0.2) is 29.3 Å². The molecule has 2 aromatic rings. The van der Waals surface area contributed by atoms with Crippen LogP contribution in [0.1, 0.15) is 35.8 Å². The van der Waals surface area contributed by atoms with Gasteiger partial charge in [0.2, 0.25) is 0 Å². The first-order valence-corrected chi connectivity index (χ1v) is 8.02. The van der Waals surface area contributed by atoms with E-state index in [1.807, 2.05) is 0 Å². The maximum Gasteiger partial charge on any atom is 0.340 e. The monoisotopic (exact) mass is 320 g/mol. The van der Waals surface area contributed by atoms with E-state index in [4.69, 9.17) is 0 Å². The van der Waals surface area contributed by atoms with Gasteiger partial charge in [-0.1, -0.05) is 13.3 Å². The number of unbranched alkanes of at least 4 members (excludes halogenated alkanes) is 1. The lowest BCUT2D eigenvalue weighted by atomic mass is 10.2. The van der Waals surface area contributed by atoms with Gasteiger partial charge >= 0.3 is 5.97 Å². The van der Waals surface area contributed by atoms with Crippen molar-refractivity contribution in [2.75, 3.05) is 5.75 Å². The van der Waals surface area contributed by atoms with Crippen LogP contribution in [0.25, 0.3) is 11.4 Å². The summed E-state index contributed by atoms with van der Waals surface area (Å²) in [6, 6.07) is 5.85. The second-order valence-corrected chi connectivity index (χ2v) is 5.91. The zero-order valence-corrected chi connectivity index (χ0v) is 13.3. The van der Waals surface area contributed by atoms with Gasteiger partial charge in [0.25, 0.3) is 0 Å². The average molecular weight is 320 g/mol. The van der Waals surface area contributed by atoms with Crippen LogP contribution in [-0.4, -0.2) is 26.8 Å². The van der Waals surface area contributed by atoms with E-state index in [0.29, 0.717) is 22.1 Å². The van der Waals surface area contributed by atoms with Crippen LogP contribution in [0.3, 0.4) is 0 Å². The molecule has 6 heteroatoms. The van der Waals surface area contributed by atoms with Crippen LogP contribution in [0, 0.1) is 12.7 Å². The van der Waals surface area contributed by atoms with Gasteiger partial charge in [-0.3, -0.25) is 0 Å². The standard InChI is InChI=1S/C16H17FN2O2S/c1-3-4-9-22-15-13(16(20)21)10(2)18-14(19-15)11-5-7-12(17)8-6-11/h5-8H,3-4,9H2,1-2H3,(H,20,21). The average Bonchev–Trinajstić information content (AvgIpc) is 2.47. The van der Waals surface area contributed by atoms with Gasteiger partial charge in [0, 0.05) is 5.56 Å². The predicted octanol–water partition coefficient (Wildman–Crippen LogP) is 4.18. The molecule has 2 rings (SSSR count). The van der Waals surface area contributed by atoms with Crippen molar-refractivity contribution < 1.29 is 14.3 Å². The molecular weight excluding hydrogens is 303 g/mol. The van der Waals surface area contributed by atoms with E-state index in [9.17, 15) is 14.3 Å². The van der Waals surface area contributed by atoms with Crippen molar-refractivity contribution in [2.24, 2.45) is 0 Å². The number of hydrogen-bond donors (Lipinski definition) is 1. The summed E-state index contributed by atoms with van der Waals surface area (Å²) in [6.45, 7) is 3.73. The number of carboxylic acids is 1. The van der Waals surface area contributed by atoms with Gasteiger partial charge in [0.15, 0.2) is 5.82 Å². The number of thioether (sulfide) groups is 1. The highest BCUT2D eigenvalue weighted by Gasteiger charge is 2.18. The zero-order chi connectivity index (χ0) is 16.1. The number of carboxylic acid groups (broad SMARTS) is 1. The zero-order valence-electron chi connectivity index (χ0n) is 12.5. The molecule has 0 bridgehead atoms. The van der Waals surface area contributed by atoms with Crippen molar-refractivity contribution in [3.63, 3.8) is 0 Å². The third kappa shape index (κ3) is 3.82. The molecule has 0 aliphatic heterocycles. The fourth-order valence-electron chi connectivity index (χ4n) is 1.94. The fraction of sp³-hybridized carbons (Fsp3) is 0.312. The molecule has 0 fully saturated rings. The number of hydrogen-bond acceptors (Lipinski definition) is 4. The lowest BCUT2D eigenvalue weighted by molar-refractivity contribution is 0.0691. The number of halogens is 1. The Morgan fingerprint density at radius 2 is 1.95 bits per heavy atom. The summed E-state index contributed by atoms with van der Waals surface area (Å²) in [7, 11) is 0. The number of benzene rings is 1. The maximum absolute atomic E-state index is 13.0. The minimum Gasteiger partial charge on any atom is -0.478 e. The summed E-state index contributed by atoms with van der Waals surface area (Å²) in [4.78, 5) is 20.1. The molecule has 0 unspecified atom stereocenters. The topological polar surface area (TPSA) is 63.1 Å². The second kappa shape index (κ2) is 7.35. The molecule has 116 valence electrons. The maximum atomic E-state index is 13.0. The molecule has 4 nitrogen and oxygen atoms in total. The lowest BCUT2D eigenvalue weighted by Gasteiger charge is -2.10. The van der Waals surface area contributed by atoms with Gasteiger partial charge in [-0.15, -0.1) is 11.8 Å². The second-order valence-electron chi connectivity index (χ2n) is 4.83.